The van der Waals surface area contributed by atoms with Crippen molar-refractivity contribution in [3.8, 4) is 0 Å². The average molecular weight is 223 g/mol. The van der Waals surface area contributed by atoms with Gasteiger partial charge in [0.25, 0.3) is 0 Å². The summed E-state index contributed by atoms with van der Waals surface area (Å²) in [6.07, 6.45) is 3.92. The van der Waals surface area contributed by atoms with Gasteiger partial charge in [-0.05, 0) is 27.2 Å². The van der Waals surface area contributed by atoms with Gasteiger partial charge in [0.2, 0.25) is 0 Å². The first kappa shape index (κ1) is 12.4. The Balaban J connectivity index is 2.65. The summed E-state index contributed by atoms with van der Waals surface area (Å²) in [5.41, 5.74) is 0.505. The van der Waals surface area contributed by atoms with E-state index >= 15 is 0 Å². The van der Waals surface area contributed by atoms with Gasteiger partial charge in [0.1, 0.15) is 5.82 Å². The summed E-state index contributed by atoms with van der Waals surface area (Å²) in [5, 5.41) is 11.8. The Bertz CT molecular complexity index is 377. The predicted octanol–water partition coefficient (Wildman–Crippen LogP) is 1.84. The lowest BCUT2D eigenvalue weighted by Gasteiger charge is -2.26. The Labute approximate surface area is 94.9 Å². The molecule has 0 radical (unpaired) electrons. The lowest BCUT2D eigenvalue weighted by Crippen LogP contribution is -2.32. The monoisotopic (exact) mass is 223 g/mol. The topological polar surface area (TPSA) is 75.1 Å². The van der Waals surface area contributed by atoms with Gasteiger partial charge in [-0.15, -0.1) is 0 Å². The summed E-state index contributed by atoms with van der Waals surface area (Å²) in [6.45, 7) is 5.76. The van der Waals surface area contributed by atoms with Crippen molar-refractivity contribution in [1.29, 1.82) is 0 Å². The Morgan fingerprint density at radius 3 is 2.62 bits per heavy atom. The number of aromatic nitrogens is 2. The first-order valence-corrected chi connectivity index (χ1v) is 5.18. The minimum atomic E-state index is -0.786. The van der Waals surface area contributed by atoms with Crippen LogP contribution >= 0.6 is 0 Å². The van der Waals surface area contributed by atoms with Crippen LogP contribution in [0, 0.1) is 6.92 Å². The van der Waals surface area contributed by atoms with E-state index in [-0.39, 0.29) is 12.0 Å². The fraction of sp³-hybridized carbons (Fsp3) is 0.545. The summed E-state index contributed by atoms with van der Waals surface area (Å²) in [5.74, 6) is -0.0800. The van der Waals surface area contributed by atoms with E-state index in [9.17, 15) is 4.79 Å². The van der Waals surface area contributed by atoms with Crippen molar-refractivity contribution in [3.63, 3.8) is 0 Å². The molecule has 0 amide bonds. The van der Waals surface area contributed by atoms with E-state index in [0.717, 1.165) is 5.69 Å². The summed E-state index contributed by atoms with van der Waals surface area (Å²) in [7, 11) is 0. The summed E-state index contributed by atoms with van der Waals surface area (Å²) >= 11 is 0. The minimum Gasteiger partial charge on any atom is -0.481 e. The van der Waals surface area contributed by atoms with Gasteiger partial charge < -0.3 is 10.4 Å². The van der Waals surface area contributed by atoms with Crippen molar-refractivity contribution in [2.24, 2.45) is 0 Å². The Hall–Kier alpha value is -1.65. The Morgan fingerprint density at radius 2 is 2.06 bits per heavy atom. The number of hydrogen-bond acceptors (Lipinski definition) is 4. The zero-order chi connectivity index (χ0) is 12.2. The van der Waals surface area contributed by atoms with Gasteiger partial charge >= 0.3 is 5.97 Å². The first-order valence-electron chi connectivity index (χ1n) is 5.18. The molecule has 1 aromatic heterocycles. The maximum atomic E-state index is 10.5. The van der Waals surface area contributed by atoms with E-state index in [0.29, 0.717) is 12.2 Å². The number of aryl methyl sites for hydroxylation is 1. The maximum absolute atomic E-state index is 10.5. The maximum Gasteiger partial charge on any atom is 0.303 e. The lowest BCUT2D eigenvalue weighted by molar-refractivity contribution is -0.137. The fourth-order valence-electron chi connectivity index (χ4n) is 1.33. The average Bonchev–Trinajstić information content (AvgIpc) is 2.19. The van der Waals surface area contributed by atoms with E-state index < -0.39 is 5.97 Å². The highest BCUT2D eigenvalue weighted by Gasteiger charge is 2.20. The summed E-state index contributed by atoms with van der Waals surface area (Å²) < 4.78 is 0. The van der Waals surface area contributed by atoms with Crippen molar-refractivity contribution in [2.75, 3.05) is 5.32 Å². The van der Waals surface area contributed by atoms with Gasteiger partial charge in [0.05, 0.1) is 5.69 Å². The van der Waals surface area contributed by atoms with E-state index in [2.05, 4.69) is 15.3 Å². The molecule has 1 heterocycles. The number of aliphatic carboxylic acids is 1. The molecule has 0 aliphatic rings. The molecular weight excluding hydrogens is 206 g/mol. The molecule has 0 saturated heterocycles. The van der Waals surface area contributed by atoms with Crippen molar-refractivity contribution in [3.05, 3.63) is 18.1 Å². The third-order valence-corrected chi connectivity index (χ3v) is 2.30. The SMILES string of the molecule is Cc1nccnc1NC(C)(C)CCC(=O)O. The van der Waals surface area contributed by atoms with Crippen LogP contribution in [-0.2, 0) is 4.79 Å². The highest BCUT2D eigenvalue weighted by atomic mass is 16.4. The van der Waals surface area contributed by atoms with Gasteiger partial charge in [-0.3, -0.25) is 9.78 Å². The zero-order valence-corrected chi connectivity index (χ0v) is 9.82. The first-order chi connectivity index (χ1) is 7.41. The van der Waals surface area contributed by atoms with Crippen molar-refractivity contribution < 1.29 is 9.90 Å². The third kappa shape index (κ3) is 3.84. The van der Waals surface area contributed by atoms with E-state index in [1.54, 1.807) is 12.4 Å². The van der Waals surface area contributed by atoms with Gasteiger partial charge in [0, 0.05) is 24.4 Å². The third-order valence-electron chi connectivity index (χ3n) is 2.30. The molecule has 1 aromatic rings. The smallest absolute Gasteiger partial charge is 0.303 e. The second-order valence-electron chi connectivity index (χ2n) is 4.39. The molecule has 0 aromatic carbocycles. The Morgan fingerprint density at radius 1 is 1.44 bits per heavy atom. The highest BCUT2D eigenvalue weighted by Crippen LogP contribution is 2.19. The fourth-order valence-corrected chi connectivity index (χ4v) is 1.33. The minimum absolute atomic E-state index is 0.138. The van der Waals surface area contributed by atoms with Crippen LogP contribution in [0.5, 0.6) is 0 Å². The van der Waals surface area contributed by atoms with Crippen LogP contribution in [-0.4, -0.2) is 26.6 Å². The molecular formula is C11H17N3O2. The molecule has 2 N–H and O–H groups in total. The number of hydrogen-bond donors (Lipinski definition) is 2. The van der Waals surface area contributed by atoms with Crippen LogP contribution in [0.1, 0.15) is 32.4 Å². The zero-order valence-electron chi connectivity index (χ0n) is 9.82. The molecule has 1 rings (SSSR count). The molecule has 0 bridgehead atoms. The molecule has 0 unspecified atom stereocenters. The van der Waals surface area contributed by atoms with E-state index in [1.807, 2.05) is 20.8 Å². The van der Waals surface area contributed by atoms with Crippen LogP contribution in [0.2, 0.25) is 0 Å². The van der Waals surface area contributed by atoms with Gasteiger partial charge in [-0.1, -0.05) is 0 Å². The van der Waals surface area contributed by atoms with Crippen molar-refractivity contribution in [2.45, 2.75) is 39.2 Å². The van der Waals surface area contributed by atoms with Crippen molar-refractivity contribution >= 4 is 11.8 Å². The predicted molar refractivity (Wildman–Crippen MR) is 61.3 cm³/mol. The second kappa shape index (κ2) is 4.92. The standard InChI is InChI=1S/C11H17N3O2/c1-8-10(13-7-6-12-8)14-11(2,3)5-4-9(15)16/h6-7H,4-5H2,1-3H3,(H,13,14)(H,15,16). The largest absolute Gasteiger partial charge is 0.481 e. The molecule has 0 saturated carbocycles. The number of carboxylic acids is 1. The van der Waals surface area contributed by atoms with E-state index in [4.69, 9.17) is 5.11 Å². The van der Waals surface area contributed by atoms with Crippen molar-refractivity contribution in [1.82, 2.24) is 9.97 Å². The normalized spacial score (nSPS) is 11.2. The summed E-state index contributed by atoms with van der Waals surface area (Å²) in [6, 6.07) is 0. The molecule has 0 atom stereocenters. The van der Waals surface area contributed by atoms with Crippen LogP contribution in [0.3, 0.4) is 0 Å². The molecule has 0 fully saturated rings. The van der Waals surface area contributed by atoms with Crippen LogP contribution in [0.4, 0.5) is 5.82 Å². The number of carboxylic acid groups (broad SMARTS) is 1. The summed E-state index contributed by atoms with van der Waals surface area (Å²) in [4.78, 5) is 18.8. The number of nitrogens with one attached hydrogen (secondary N) is 1. The molecule has 5 nitrogen and oxygen atoms in total. The lowest BCUT2D eigenvalue weighted by atomic mass is 9.98. The van der Waals surface area contributed by atoms with E-state index in [1.165, 1.54) is 0 Å². The van der Waals surface area contributed by atoms with Crippen LogP contribution in [0.25, 0.3) is 0 Å². The van der Waals surface area contributed by atoms with Crippen LogP contribution < -0.4 is 5.32 Å². The number of nitrogens with zero attached hydrogens (tertiary/aromatic N) is 2. The molecule has 0 aliphatic carbocycles. The molecule has 0 spiro atoms. The Kier molecular flexibility index (Phi) is 3.82. The van der Waals surface area contributed by atoms with Gasteiger partial charge in [0.15, 0.2) is 0 Å². The molecule has 0 aliphatic heterocycles. The highest BCUT2D eigenvalue weighted by molar-refractivity contribution is 5.66. The number of carbonyl (C=O) groups is 1. The quantitative estimate of drug-likeness (QED) is 0.796. The van der Waals surface area contributed by atoms with Crippen LogP contribution in [0.15, 0.2) is 12.4 Å². The number of rotatable bonds is 5. The van der Waals surface area contributed by atoms with Gasteiger partial charge in [-0.25, -0.2) is 4.98 Å². The second-order valence-corrected chi connectivity index (χ2v) is 4.39. The number of anilines is 1. The molecule has 5 heteroatoms. The van der Waals surface area contributed by atoms with Gasteiger partial charge in [-0.2, -0.15) is 0 Å². The molecule has 16 heavy (non-hydrogen) atoms. The molecule has 88 valence electrons.